The van der Waals surface area contributed by atoms with Crippen molar-refractivity contribution in [3.63, 3.8) is 0 Å². The minimum absolute atomic E-state index is 0.0519. The van der Waals surface area contributed by atoms with Gasteiger partial charge in [0, 0.05) is 50.5 Å². The molecule has 0 aliphatic carbocycles. The fraction of sp³-hybridized carbons (Fsp3) is 0.156. The molecular formula is C32H28N4O3. The highest BCUT2D eigenvalue weighted by Crippen LogP contribution is 2.26. The van der Waals surface area contributed by atoms with Crippen LogP contribution in [0.5, 0.6) is 0 Å². The highest BCUT2D eigenvalue weighted by molar-refractivity contribution is 5.82. The van der Waals surface area contributed by atoms with Crippen molar-refractivity contribution < 1.29 is 9.15 Å². The molecule has 0 spiro atoms. The number of hydrogen-bond acceptors (Lipinski definition) is 6. The second kappa shape index (κ2) is 11.9. The molecule has 7 nitrogen and oxygen atoms in total. The number of ether oxygens (including phenoxy) is 1. The van der Waals surface area contributed by atoms with Crippen molar-refractivity contribution in [3.05, 3.63) is 129 Å². The van der Waals surface area contributed by atoms with E-state index in [-0.39, 0.29) is 5.70 Å². The number of allylic oxidation sites excluding steroid dienone is 6. The van der Waals surface area contributed by atoms with E-state index in [9.17, 15) is 10.1 Å². The van der Waals surface area contributed by atoms with Crippen LogP contribution in [0.1, 0.15) is 18.1 Å². The van der Waals surface area contributed by atoms with Gasteiger partial charge in [-0.1, -0.05) is 18.2 Å². The van der Waals surface area contributed by atoms with E-state index in [0.29, 0.717) is 28.2 Å². The Morgan fingerprint density at radius 1 is 0.974 bits per heavy atom. The largest absolute Gasteiger partial charge is 0.457 e. The Bertz CT molecular complexity index is 1670. The van der Waals surface area contributed by atoms with Crippen molar-refractivity contribution in [2.45, 2.75) is 6.92 Å². The molecule has 7 heteroatoms. The van der Waals surface area contributed by atoms with E-state index >= 15 is 0 Å². The van der Waals surface area contributed by atoms with Gasteiger partial charge in [0.2, 0.25) is 0 Å². The van der Waals surface area contributed by atoms with Crippen LogP contribution >= 0.6 is 0 Å². The van der Waals surface area contributed by atoms with Gasteiger partial charge in [-0.25, -0.2) is 14.9 Å². The maximum Gasteiger partial charge on any atom is 0.343 e. The lowest BCUT2D eigenvalue weighted by Gasteiger charge is -2.16. The van der Waals surface area contributed by atoms with Gasteiger partial charge < -0.3 is 19.0 Å². The van der Waals surface area contributed by atoms with Crippen molar-refractivity contribution >= 4 is 34.5 Å². The van der Waals surface area contributed by atoms with Crippen molar-refractivity contribution in [2.75, 3.05) is 37.5 Å². The van der Waals surface area contributed by atoms with Gasteiger partial charge >= 0.3 is 5.63 Å². The Labute approximate surface area is 228 Å². The predicted octanol–water partition coefficient (Wildman–Crippen LogP) is 6.54. The smallest absolute Gasteiger partial charge is 0.343 e. The summed E-state index contributed by atoms with van der Waals surface area (Å²) in [5.41, 5.74) is 3.78. The maximum atomic E-state index is 12.7. The zero-order valence-electron chi connectivity index (χ0n) is 22.3. The normalized spacial score (nSPS) is 14.4. The molecule has 0 saturated carbocycles. The Hall–Kier alpha value is -5.27. The molecule has 1 aliphatic heterocycles. The lowest BCUT2D eigenvalue weighted by molar-refractivity contribution is 0.332. The Balaban J connectivity index is 1.62. The Kier molecular flexibility index (Phi) is 8.14. The van der Waals surface area contributed by atoms with Gasteiger partial charge in [0.15, 0.2) is 0 Å². The van der Waals surface area contributed by atoms with Crippen molar-refractivity contribution in [2.24, 2.45) is 0 Å². The van der Waals surface area contributed by atoms with E-state index in [2.05, 4.69) is 16.7 Å². The molecule has 0 atom stereocenters. The Morgan fingerprint density at radius 2 is 1.64 bits per heavy atom. The molecule has 2 heterocycles. The van der Waals surface area contributed by atoms with E-state index in [1.54, 1.807) is 36.4 Å². The summed E-state index contributed by atoms with van der Waals surface area (Å²) in [6.45, 7) is 10.4. The number of nitrogens with zero attached hydrogens (tertiary/aromatic N) is 4. The zero-order chi connectivity index (χ0) is 27.9. The summed E-state index contributed by atoms with van der Waals surface area (Å²) >= 11 is 0. The Morgan fingerprint density at radius 3 is 2.26 bits per heavy atom. The second-order valence-electron chi connectivity index (χ2n) is 9.10. The standard InChI is InChI=1S/C32H28N4O3/c1-6-36(5)26-12-7-22(8-13-26)9-15-28-18-25(30(21-33)34-2)19-29(38-28)16-11-24-17-23-10-14-27(35(3)4)20-31(23)39-32(24)37/h7-20H,6H2,1,3-5H3/b15-9+,16-11+,30-25-. The van der Waals surface area contributed by atoms with Gasteiger partial charge in [0.1, 0.15) is 17.1 Å². The molecule has 194 valence electrons. The molecule has 4 rings (SSSR count). The average molecular weight is 517 g/mol. The summed E-state index contributed by atoms with van der Waals surface area (Å²) in [4.78, 5) is 20.1. The predicted molar refractivity (Wildman–Crippen MR) is 157 cm³/mol. The third-order valence-electron chi connectivity index (χ3n) is 6.26. The lowest BCUT2D eigenvalue weighted by Crippen LogP contribution is -2.15. The highest BCUT2D eigenvalue weighted by atomic mass is 16.5. The van der Waals surface area contributed by atoms with Gasteiger partial charge in [-0.05, 0) is 78.8 Å². The third kappa shape index (κ3) is 6.36. The van der Waals surface area contributed by atoms with Crippen molar-refractivity contribution in [1.82, 2.24) is 0 Å². The van der Waals surface area contributed by atoms with Crippen LogP contribution in [-0.4, -0.2) is 27.7 Å². The molecular weight excluding hydrogens is 488 g/mol. The molecule has 3 aromatic rings. The zero-order valence-corrected chi connectivity index (χ0v) is 22.3. The number of fused-ring (bicyclic) bond motifs is 1. The van der Waals surface area contributed by atoms with E-state index in [1.807, 2.05) is 80.7 Å². The summed E-state index contributed by atoms with van der Waals surface area (Å²) in [6.07, 6.45) is 10.2. The van der Waals surface area contributed by atoms with E-state index in [4.69, 9.17) is 15.7 Å². The van der Waals surface area contributed by atoms with Gasteiger partial charge in [-0.15, -0.1) is 0 Å². The molecule has 0 unspecified atom stereocenters. The first-order valence-corrected chi connectivity index (χ1v) is 12.4. The minimum Gasteiger partial charge on any atom is -0.457 e. The molecule has 1 aromatic heterocycles. The average Bonchev–Trinajstić information content (AvgIpc) is 2.95. The topological polar surface area (TPSA) is 74.1 Å². The summed E-state index contributed by atoms with van der Waals surface area (Å²) in [7, 11) is 5.87. The monoisotopic (exact) mass is 516 g/mol. The summed E-state index contributed by atoms with van der Waals surface area (Å²) in [5, 5.41) is 10.2. The number of anilines is 2. The number of nitriles is 1. The van der Waals surface area contributed by atoms with Crippen LogP contribution in [0.4, 0.5) is 11.4 Å². The summed E-state index contributed by atoms with van der Waals surface area (Å²) in [5.74, 6) is 0.839. The van der Waals surface area contributed by atoms with Crippen LogP contribution in [0.3, 0.4) is 0 Å². The number of benzene rings is 2. The first kappa shape index (κ1) is 26.8. The number of hydrogen-bond donors (Lipinski definition) is 0. The molecule has 0 amide bonds. The lowest BCUT2D eigenvalue weighted by atomic mass is 10.1. The van der Waals surface area contributed by atoms with Crippen LogP contribution in [0, 0.1) is 17.9 Å². The van der Waals surface area contributed by atoms with Crippen LogP contribution < -0.4 is 15.4 Å². The summed E-state index contributed by atoms with van der Waals surface area (Å²) in [6, 6.07) is 17.5. The summed E-state index contributed by atoms with van der Waals surface area (Å²) < 4.78 is 11.5. The highest BCUT2D eigenvalue weighted by Gasteiger charge is 2.13. The maximum absolute atomic E-state index is 12.7. The van der Waals surface area contributed by atoms with Gasteiger partial charge in [-0.3, -0.25) is 0 Å². The van der Waals surface area contributed by atoms with Crippen molar-refractivity contribution in [3.8, 4) is 6.07 Å². The third-order valence-corrected chi connectivity index (χ3v) is 6.26. The van der Waals surface area contributed by atoms with Crippen molar-refractivity contribution in [1.29, 1.82) is 5.26 Å². The molecule has 0 fully saturated rings. The minimum atomic E-state index is -0.478. The molecule has 1 aliphatic rings. The van der Waals surface area contributed by atoms with Gasteiger partial charge in [-0.2, -0.15) is 0 Å². The van der Waals surface area contributed by atoms with E-state index < -0.39 is 5.63 Å². The van der Waals surface area contributed by atoms with Crippen LogP contribution in [0.25, 0.3) is 28.0 Å². The SMILES string of the molecule is [C-]#[N+]/C(C#N)=C1C=C(/C=C/c2ccc(N(C)CC)cc2)OC(/C=C/c2cc3ccc(N(C)C)cc3oc2=O)=C/1. The van der Waals surface area contributed by atoms with Crippen LogP contribution in [-0.2, 0) is 4.74 Å². The van der Waals surface area contributed by atoms with E-state index in [0.717, 1.165) is 28.9 Å². The quantitative estimate of drug-likeness (QED) is 0.202. The fourth-order valence-electron chi connectivity index (χ4n) is 3.88. The number of rotatable bonds is 7. The van der Waals surface area contributed by atoms with Crippen LogP contribution in [0.2, 0.25) is 0 Å². The van der Waals surface area contributed by atoms with E-state index in [1.165, 1.54) is 0 Å². The second-order valence-corrected chi connectivity index (χ2v) is 9.10. The molecule has 0 saturated heterocycles. The van der Waals surface area contributed by atoms with Gasteiger partial charge in [0.05, 0.1) is 18.2 Å². The fourth-order valence-corrected chi connectivity index (χ4v) is 3.88. The first-order valence-electron chi connectivity index (χ1n) is 12.4. The first-order chi connectivity index (χ1) is 18.8. The van der Waals surface area contributed by atoms with Gasteiger partial charge in [0.25, 0.3) is 5.70 Å². The molecule has 0 radical (unpaired) electrons. The molecule has 2 aromatic carbocycles. The molecule has 0 bridgehead atoms. The van der Waals surface area contributed by atoms with Crippen LogP contribution in [0.15, 0.2) is 105 Å². The molecule has 0 N–H and O–H groups in total. The molecule has 39 heavy (non-hydrogen) atoms.